The van der Waals surface area contributed by atoms with E-state index in [2.05, 4.69) is 4.99 Å². The Hall–Kier alpha value is -1.31. The molecule has 1 aliphatic rings. The summed E-state index contributed by atoms with van der Waals surface area (Å²) < 4.78 is 5.39. The van der Waals surface area contributed by atoms with Crippen LogP contribution in [0.2, 0.25) is 0 Å². The number of hydrogen-bond donors (Lipinski definition) is 0. The third kappa shape index (κ3) is 2.31. The summed E-state index contributed by atoms with van der Waals surface area (Å²) in [5.41, 5.74) is 0.941. The number of aryl methyl sites for hydroxylation is 1. The molecule has 0 aliphatic carbocycles. The van der Waals surface area contributed by atoms with Gasteiger partial charge in [0.1, 0.15) is 11.4 Å². The fourth-order valence-corrected chi connectivity index (χ4v) is 1.13. The van der Waals surface area contributed by atoms with Gasteiger partial charge in [0.15, 0.2) is 5.76 Å². The van der Waals surface area contributed by atoms with Crippen molar-refractivity contribution >= 4 is 18.0 Å². The zero-order valence-corrected chi connectivity index (χ0v) is 8.37. The molecule has 0 unspecified atom stereocenters. The number of nitrogens with zero attached hydrogens (tertiary/aromatic N) is 1. The Balaban J connectivity index is 0.000000396. The summed E-state index contributed by atoms with van der Waals surface area (Å²) in [4.78, 5) is 4.23. The fourth-order valence-electron chi connectivity index (χ4n) is 1.13. The van der Waals surface area contributed by atoms with Crippen molar-refractivity contribution in [2.75, 3.05) is 0 Å². The van der Waals surface area contributed by atoms with Crippen LogP contribution in [0.1, 0.15) is 31.8 Å². The Morgan fingerprint density at radius 2 is 2.15 bits per heavy atom. The zero-order chi connectivity index (χ0) is 9.68. The van der Waals surface area contributed by atoms with Gasteiger partial charge in [-0.1, -0.05) is 19.9 Å². The molecular weight excluding hydrogens is 162 g/mol. The van der Waals surface area contributed by atoms with Crippen molar-refractivity contribution in [3.8, 4) is 0 Å². The minimum absolute atomic E-state index is 0.872. The molecule has 1 aliphatic heterocycles. The average Bonchev–Trinajstić information content (AvgIpc) is 2.36. The largest absolute Gasteiger partial charge is 0.460 e. The Morgan fingerprint density at radius 3 is 2.92 bits per heavy atom. The first-order valence-electron chi connectivity index (χ1n) is 4.66. The van der Waals surface area contributed by atoms with E-state index in [4.69, 9.17) is 4.42 Å². The minimum Gasteiger partial charge on any atom is -0.460 e. The maximum Gasteiger partial charge on any atom is 0.152 e. The van der Waals surface area contributed by atoms with Crippen LogP contribution < -0.4 is 0 Å². The van der Waals surface area contributed by atoms with Crippen molar-refractivity contribution < 1.29 is 4.42 Å². The molecule has 13 heavy (non-hydrogen) atoms. The molecule has 2 nitrogen and oxygen atoms in total. The normalized spacial score (nSPS) is 12.8. The van der Waals surface area contributed by atoms with Crippen LogP contribution in [-0.2, 0) is 0 Å². The molecule has 1 aromatic heterocycles. The number of furan rings is 1. The maximum absolute atomic E-state index is 5.39. The van der Waals surface area contributed by atoms with E-state index in [1.807, 2.05) is 45.2 Å². The second kappa shape index (κ2) is 4.65. The van der Waals surface area contributed by atoms with Crippen molar-refractivity contribution in [2.24, 2.45) is 4.99 Å². The molecule has 2 heterocycles. The van der Waals surface area contributed by atoms with Crippen LogP contribution in [0.5, 0.6) is 0 Å². The van der Waals surface area contributed by atoms with Crippen LogP contribution in [-0.4, -0.2) is 6.21 Å². The summed E-state index contributed by atoms with van der Waals surface area (Å²) in [6.45, 7) is 5.93. The molecule has 0 saturated carbocycles. The third-order valence-corrected chi connectivity index (χ3v) is 1.60. The SMILES string of the molecule is CC.Cc1cc2c(o1)C=CCC=N2. The molecule has 0 saturated heterocycles. The van der Waals surface area contributed by atoms with E-state index in [9.17, 15) is 0 Å². The molecule has 0 aromatic carbocycles. The lowest BCUT2D eigenvalue weighted by molar-refractivity contribution is 0.525. The molecule has 2 rings (SSSR count). The first-order chi connectivity index (χ1) is 6.36. The lowest BCUT2D eigenvalue weighted by Gasteiger charge is -1.84. The van der Waals surface area contributed by atoms with Gasteiger partial charge >= 0.3 is 0 Å². The van der Waals surface area contributed by atoms with Crippen LogP contribution in [0.3, 0.4) is 0 Å². The monoisotopic (exact) mass is 177 g/mol. The highest BCUT2D eigenvalue weighted by atomic mass is 16.3. The molecular formula is C11H15NO. The van der Waals surface area contributed by atoms with Crippen LogP contribution in [0.15, 0.2) is 21.6 Å². The van der Waals surface area contributed by atoms with Gasteiger partial charge in [0.25, 0.3) is 0 Å². The van der Waals surface area contributed by atoms with E-state index < -0.39 is 0 Å². The summed E-state index contributed by atoms with van der Waals surface area (Å²) in [5, 5.41) is 0. The van der Waals surface area contributed by atoms with E-state index in [1.54, 1.807) is 0 Å². The fraction of sp³-hybridized carbons (Fsp3) is 0.364. The van der Waals surface area contributed by atoms with Gasteiger partial charge in [-0.05, 0) is 13.0 Å². The molecule has 0 amide bonds. The summed E-state index contributed by atoms with van der Waals surface area (Å²) in [7, 11) is 0. The van der Waals surface area contributed by atoms with Gasteiger partial charge in [-0.3, -0.25) is 4.99 Å². The number of fused-ring (bicyclic) bond motifs is 1. The molecule has 0 fully saturated rings. The summed E-state index contributed by atoms with van der Waals surface area (Å²) in [5.74, 6) is 1.79. The zero-order valence-electron chi connectivity index (χ0n) is 8.37. The summed E-state index contributed by atoms with van der Waals surface area (Å²) in [6, 6.07) is 1.95. The van der Waals surface area contributed by atoms with Crippen LogP contribution in [0.25, 0.3) is 6.08 Å². The first kappa shape index (κ1) is 9.78. The highest BCUT2D eigenvalue weighted by Gasteiger charge is 2.04. The van der Waals surface area contributed by atoms with Crippen molar-refractivity contribution in [3.63, 3.8) is 0 Å². The van der Waals surface area contributed by atoms with Crippen molar-refractivity contribution in [1.82, 2.24) is 0 Å². The molecule has 0 spiro atoms. The maximum atomic E-state index is 5.39. The molecule has 0 radical (unpaired) electrons. The van der Waals surface area contributed by atoms with Gasteiger partial charge < -0.3 is 4.42 Å². The highest BCUT2D eigenvalue weighted by molar-refractivity contribution is 5.73. The predicted molar refractivity (Wildman–Crippen MR) is 56.6 cm³/mol. The molecule has 70 valence electrons. The number of hydrogen-bond acceptors (Lipinski definition) is 2. The van der Waals surface area contributed by atoms with Crippen molar-refractivity contribution in [1.29, 1.82) is 0 Å². The lowest BCUT2D eigenvalue weighted by Crippen LogP contribution is -1.63. The Bertz CT molecular complexity index is 291. The molecule has 0 bridgehead atoms. The van der Waals surface area contributed by atoms with Gasteiger partial charge in [-0.15, -0.1) is 0 Å². The Kier molecular flexibility index (Phi) is 3.50. The van der Waals surface area contributed by atoms with Gasteiger partial charge in [0.05, 0.1) is 0 Å². The van der Waals surface area contributed by atoms with Crippen molar-refractivity contribution in [3.05, 3.63) is 23.7 Å². The van der Waals surface area contributed by atoms with E-state index in [-0.39, 0.29) is 0 Å². The van der Waals surface area contributed by atoms with Crippen LogP contribution in [0, 0.1) is 6.92 Å². The van der Waals surface area contributed by atoms with E-state index in [0.717, 1.165) is 23.6 Å². The molecule has 1 aromatic rings. The highest BCUT2D eigenvalue weighted by Crippen LogP contribution is 2.26. The standard InChI is InChI=1S/C9H9NO.C2H6/c1-7-6-8-9(11-7)4-2-3-5-10-8;1-2/h2,4-6H,3H2,1H3;1-2H3. The second-order valence-corrected chi connectivity index (χ2v) is 2.56. The van der Waals surface area contributed by atoms with Crippen molar-refractivity contribution in [2.45, 2.75) is 27.2 Å². The molecule has 2 heteroatoms. The molecule has 0 N–H and O–H groups in total. The van der Waals surface area contributed by atoms with Crippen LogP contribution >= 0.6 is 0 Å². The van der Waals surface area contributed by atoms with E-state index in [0.29, 0.717) is 0 Å². The Labute approximate surface area is 79.0 Å². The van der Waals surface area contributed by atoms with Gasteiger partial charge in [0.2, 0.25) is 0 Å². The Morgan fingerprint density at radius 1 is 1.38 bits per heavy atom. The summed E-state index contributed by atoms with van der Waals surface area (Å²) in [6.07, 6.45) is 6.79. The molecule has 0 atom stereocenters. The van der Waals surface area contributed by atoms with Gasteiger partial charge in [-0.2, -0.15) is 0 Å². The van der Waals surface area contributed by atoms with Crippen LogP contribution in [0.4, 0.5) is 5.69 Å². The lowest BCUT2D eigenvalue weighted by atomic mass is 10.3. The number of allylic oxidation sites excluding steroid dienone is 1. The van der Waals surface area contributed by atoms with Gasteiger partial charge in [0, 0.05) is 18.7 Å². The first-order valence-corrected chi connectivity index (χ1v) is 4.66. The number of rotatable bonds is 0. The minimum atomic E-state index is 0.872. The summed E-state index contributed by atoms with van der Waals surface area (Å²) >= 11 is 0. The number of aliphatic imine (C=N–C) groups is 1. The smallest absolute Gasteiger partial charge is 0.152 e. The second-order valence-electron chi connectivity index (χ2n) is 2.56. The van der Waals surface area contributed by atoms with E-state index in [1.165, 1.54) is 0 Å². The average molecular weight is 177 g/mol. The van der Waals surface area contributed by atoms with Gasteiger partial charge in [-0.25, -0.2) is 0 Å². The third-order valence-electron chi connectivity index (χ3n) is 1.60. The predicted octanol–water partition coefficient (Wildman–Crippen LogP) is 3.73. The van der Waals surface area contributed by atoms with E-state index >= 15 is 0 Å². The quantitative estimate of drug-likeness (QED) is 0.592. The topological polar surface area (TPSA) is 25.5 Å².